The van der Waals surface area contributed by atoms with Crippen LogP contribution in [0.3, 0.4) is 0 Å². The Morgan fingerprint density at radius 2 is 2.31 bits per heavy atom. The molecule has 0 unspecified atom stereocenters. The van der Waals surface area contributed by atoms with Crippen LogP contribution in [-0.2, 0) is 12.8 Å². The van der Waals surface area contributed by atoms with Crippen LogP contribution in [0.15, 0.2) is 16.9 Å². The van der Waals surface area contributed by atoms with E-state index in [-0.39, 0.29) is 5.56 Å². The predicted molar refractivity (Wildman–Crippen MR) is 50.8 cm³/mol. The Morgan fingerprint density at radius 1 is 1.54 bits per heavy atom. The molecule has 4 heteroatoms. The van der Waals surface area contributed by atoms with Crippen molar-refractivity contribution in [3.05, 3.63) is 33.7 Å². The number of rotatable bonds is 3. The molecule has 68 valence electrons. The molecule has 1 aromatic rings. The highest BCUT2D eigenvalue weighted by atomic mass is 35.5. The lowest BCUT2D eigenvalue weighted by Crippen LogP contribution is -2.10. The molecule has 1 aromatic heterocycles. The third-order valence-electron chi connectivity index (χ3n) is 1.71. The maximum atomic E-state index is 10.9. The van der Waals surface area contributed by atoms with Crippen LogP contribution in [-0.4, -0.2) is 10.9 Å². The fraction of sp³-hybridized carbons (Fsp3) is 0.333. The minimum atomic E-state index is -0.151. The van der Waals surface area contributed by atoms with Gasteiger partial charge in [0.05, 0.1) is 12.5 Å². The van der Waals surface area contributed by atoms with E-state index in [4.69, 9.17) is 16.9 Å². The number of halogens is 1. The molecule has 0 radical (unpaired) electrons. The highest BCUT2D eigenvalue weighted by Gasteiger charge is 2.01. The van der Waals surface area contributed by atoms with Gasteiger partial charge in [0.15, 0.2) is 0 Å². The summed E-state index contributed by atoms with van der Waals surface area (Å²) in [5, 5.41) is 8.51. The van der Waals surface area contributed by atoms with Crippen LogP contribution in [0.25, 0.3) is 0 Å². The molecule has 0 saturated carbocycles. The van der Waals surface area contributed by atoms with E-state index in [9.17, 15) is 4.79 Å². The zero-order valence-corrected chi connectivity index (χ0v) is 7.77. The zero-order chi connectivity index (χ0) is 9.68. The van der Waals surface area contributed by atoms with Gasteiger partial charge in [-0.2, -0.15) is 5.26 Å². The molecule has 0 bridgehead atoms. The van der Waals surface area contributed by atoms with Crippen LogP contribution >= 0.6 is 11.6 Å². The monoisotopic (exact) mass is 196 g/mol. The van der Waals surface area contributed by atoms with Crippen LogP contribution in [0.5, 0.6) is 0 Å². The largest absolute Gasteiger partial charge is 0.326 e. The number of aryl methyl sites for hydroxylation is 1. The minimum absolute atomic E-state index is 0.151. The summed E-state index contributed by atoms with van der Waals surface area (Å²) in [5.74, 6) is 0.443. The van der Waals surface area contributed by atoms with Crippen molar-refractivity contribution in [2.45, 2.75) is 12.8 Å². The summed E-state index contributed by atoms with van der Waals surface area (Å²) in [6.45, 7) is 0. The summed E-state index contributed by atoms with van der Waals surface area (Å²) in [6.07, 6.45) is 0.900. The highest BCUT2D eigenvalue weighted by molar-refractivity contribution is 6.17. The fourth-order valence-corrected chi connectivity index (χ4v) is 1.30. The summed E-state index contributed by atoms with van der Waals surface area (Å²) >= 11 is 5.56. The van der Waals surface area contributed by atoms with E-state index in [1.807, 2.05) is 6.07 Å². The number of nitriles is 1. The molecule has 0 saturated heterocycles. The quantitative estimate of drug-likeness (QED) is 0.740. The number of pyridine rings is 1. The van der Waals surface area contributed by atoms with E-state index in [0.29, 0.717) is 18.7 Å². The maximum Gasteiger partial charge on any atom is 0.248 e. The first-order valence-electron chi connectivity index (χ1n) is 3.92. The molecule has 0 aliphatic rings. The van der Waals surface area contributed by atoms with Crippen molar-refractivity contribution >= 4 is 11.6 Å². The van der Waals surface area contributed by atoms with E-state index >= 15 is 0 Å². The molecule has 0 atom stereocenters. The Bertz CT molecular complexity index is 378. The van der Waals surface area contributed by atoms with Crippen molar-refractivity contribution in [1.29, 1.82) is 5.26 Å². The first-order chi connectivity index (χ1) is 6.27. The van der Waals surface area contributed by atoms with Gasteiger partial charge in [-0.15, -0.1) is 11.6 Å². The first kappa shape index (κ1) is 9.82. The average Bonchev–Trinajstić information content (AvgIpc) is 2.10. The van der Waals surface area contributed by atoms with Gasteiger partial charge in [-0.1, -0.05) is 6.07 Å². The molecule has 0 aliphatic carbocycles. The Labute approximate surface area is 81.0 Å². The van der Waals surface area contributed by atoms with Crippen molar-refractivity contribution in [3.8, 4) is 6.07 Å². The highest BCUT2D eigenvalue weighted by Crippen LogP contribution is 2.05. The van der Waals surface area contributed by atoms with Gasteiger partial charge >= 0.3 is 0 Å². The molecular formula is C9H9ClN2O. The molecule has 1 rings (SSSR count). The van der Waals surface area contributed by atoms with E-state index in [1.54, 1.807) is 6.07 Å². The molecular weight excluding hydrogens is 188 g/mol. The standard InChI is InChI=1S/C9H9ClN2O/c10-5-3-8-7(4-6-11)1-2-9(13)12-8/h1-2H,3-5H2,(H,12,13). The Balaban J connectivity index is 3.04. The predicted octanol–water partition coefficient (Wildman–Crippen LogP) is 1.22. The second kappa shape index (κ2) is 4.68. The van der Waals surface area contributed by atoms with Crippen molar-refractivity contribution in [2.75, 3.05) is 5.88 Å². The molecule has 0 aromatic carbocycles. The minimum Gasteiger partial charge on any atom is -0.326 e. The lowest BCUT2D eigenvalue weighted by Gasteiger charge is -2.02. The van der Waals surface area contributed by atoms with Crippen LogP contribution < -0.4 is 5.56 Å². The molecule has 0 aliphatic heterocycles. The van der Waals surface area contributed by atoms with Crippen LogP contribution in [0.4, 0.5) is 0 Å². The lowest BCUT2D eigenvalue weighted by molar-refractivity contribution is 0.974. The van der Waals surface area contributed by atoms with Crippen LogP contribution in [0.2, 0.25) is 0 Å². The van der Waals surface area contributed by atoms with E-state index in [1.165, 1.54) is 6.07 Å². The zero-order valence-electron chi connectivity index (χ0n) is 7.01. The molecule has 0 fully saturated rings. The molecule has 1 N–H and O–H groups in total. The summed E-state index contributed by atoms with van der Waals surface area (Å²) in [6, 6.07) is 5.13. The van der Waals surface area contributed by atoms with Gasteiger partial charge in [0.2, 0.25) is 5.56 Å². The maximum absolute atomic E-state index is 10.9. The summed E-state index contributed by atoms with van der Waals surface area (Å²) < 4.78 is 0. The van der Waals surface area contributed by atoms with Gasteiger partial charge < -0.3 is 4.98 Å². The van der Waals surface area contributed by atoms with Crippen molar-refractivity contribution in [1.82, 2.24) is 4.98 Å². The molecule has 0 spiro atoms. The molecule has 3 nitrogen and oxygen atoms in total. The molecule has 0 amide bonds. The van der Waals surface area contributed by atoms with Crippen molar-refractivity contribution < 1.29 is 0 Å². The van der Waals surface area contributed by atoms with Crippen molar-refractivity contribution in [3.63, 3.8) is 0 Å². The second-order valence-corrected chi connectivity index (χ2v) is 2.98. The number of hydrogen-bond donors (Lipinski definition) is 1. The van der Waals surface area contributed by atoms with Crippen molar-refractivity contribution in [2.24, 2.45) is 0 Å². The second-order valence-electron chi connectivity index (χ2n) is 2.60. The van der Waals surface area contributed by atoms with Gasteiger partial charge in [0, 0.05) is 24.1 Å². The van der Waals surface area contributed by atoms with E-state index in [0.717, 1.165) is 11.3 Å². The lowest BCUT2D eigenvalue weighted by atomic mass is 10.1. The first-order valence-corrected chi connectivity index (χ1v) is 4.45. The Morgan fingerprint density at radius 3 is 2.92 bits per heavy atom. The number of aromatic nitrogens is 1. The third-order valence-corrected chi connectivity index (χ3v) is 1.90. The normalized spacial score (nSPS) is 9.54. The SMILES string of the molecule is N#CCc1ccc(=O)[nH]c1CCCl. The van der Waals surface area contributed by atoms with Gasteiger partial charge in [-0.3, -0.25) is 4.79 Å². The number of aromatic amines is 1. The van der Waals surface area contributed by atoms with Gasteiger partial charge in [0.25, 0.3) is 0 Å². The Kier molecular flexibility index (Phi) is 3.53. The summed E-state index contributed by atoms with van der Waals surface area (Å²) in [4.78, 5) is 13.6. The average molecular weight is 197 g/mol. The van der Waals surface area contributed by atoms with Gasteiger partial charge in [-0.05, 0) is 5.56 Å². The van der Waals surface area contributed by atoms with Gasteiger partial charge in [-0.25, -0.2) is 0 Å². The number of nitrogens with zero attached hydrogens (tertiary/aromatic N) is 1. The van der Waals surface area contributed by atoms with E-state index < -0.39 is 0 Å². The van der Waals surface area contributed by atoms with Crippen LogP contribution in [0, 0.1) is 11.3 Å². The third kappa shape index (κ3) is 2.60. The topological polar surface area (TPSA) is 56.6 Å². The Hall–Kier alpha value is -1.27. The summed E-state index contributed by atoms with van der Waals surface area (Å²) in [5.41, 5.74) is 1.47. The molecule has 1 heterocycles. The summed E-state index contributed by atoms with van der Waals surface area (Å²) in [7, 11) is 0. The fourth-order valence-electron chi connectivity index (χ4n) is 1.12. The number of alkyl halides is 1. The number of hydrogen-bond acceptors (Lipinski definition) is 2. The molecule has 13 heavy (non-hydrogen) atoms. The smallest absolute Gasteiger partial charge is 0.248 e. The number of nitrogens with one attached hydrogen (secondary N) is 1. The van der Waals surface area contributed by atoms with E-state index in [2.05, 4.69) is 4.98 Å². The number of H-pyrrole nitrogens is 1. The van der Waals surface area contributed by atoms with Crippen LogP contribution in [0.1, 0.15) is 11.3 Å². The van der Waals surface area contributed by atoms with Gasteiger partial charge in [0.1, 0.15) is 0 Å².